The first-order valence-corrected chi connectivity index (χ1v) is 8.43. The zero-order chi connectivity index (χ0) is 19.6. The summed E-state index contributed by atoms with van der Waals surface area (Å²) in [7, 11) is 1.60. The first kappa shape index (κ1) is 18.3. The van der Waals surface area contributed by atoms with Gasteiger partial charge in [-0.1, -0.05) is 24.3 Å². The molecule has 2 N–H and O–H groups in total. The van der Waals surface area contributed by atoms with Crippen molar-refractivity contribution in [3.8, 4) is 17.3 Å². The molecular formula is C20H20N4O3. The topological polar surface area (TPSA) is 99.2 Å². The van der Waals surface area contributed by atoms with E-state index in [0.29, 0.717) is 12.2 Å². The minimum atomic E-state index is -0.784. The van der Waals surface area contributed by atoms with Gasteiger partial charge in [-0.3, -0.25) is 14.6 Å². The highest BCUT2D eigenvalue weighted by atomic mass is 16.3. The second-order valence-electron chi connectivity index (χ2n) is 6.41. The largest absolute Gasteiger partial charge is 0.501 e. The summed E-state index contributed by atoms with van der Waals surface area (Å²) in [6.45, 7) is 4.35. The summed E-state index contributed by atoms with van der Waals surface area (Å²) >= 11 is 0. The van der Waals surface area contributed by atoms with Crippen LogP contribution in [0.4, 0.5) is 0 Å². The van der Waals surface area contributed by atoms with E-state index in [9.17, 15) is 14.7 Å². The van der Waals surface area contributed by atoms with Crippen molar-refractivity contribution in [3.63, 3.8) is 0 Å². The number of benzene rings is 1. The first-order chi connectivity index (χ1) is 12.9. The fourth-order valence-electron chi connectivity index (χ4n) is 2.67. The molecule has 3 rings (SSSR count). The number of amides is 1. The van der Waals surface area contributed by atoms with Gasteiger partial charge in [-0.05, 0) is 42.7 Å². The average molecular weight is 364 g/mol. The quantitative estimate of drug-likeness (QED) is 0.741. The minimum Gasteiger partial charge on any atom is -0.501 e. The second kappa shape index (κ2) is 7.41. The Labute approximate surface area is 156 Å². The van der Waals surface area contributed by atoms with Gasteiger partial charge in [0.1, 0.15) is 5.69 Å². The first-order valence-electron chi connectivity index (χ1n) is 8.43. The number of carbonyl (C=O) groups excluding carboxylic acids is 1. The van der Waals surface area contributed by atoms with E-state index in [1.54, 1.807) is 31.4 Å². The lowest BCUT2D eigenvalue weighted by atomic mass is 10.1. The molecule has 7 heteroatoms. The molecule has 0 aliphatic rings. The normalized spacial score (nSPS) is 10.6. The third kappa shape index (κ3) is 3.87. The van der Waals surface area contributed by atoms with Crippen molar-refractivity contribution < 1.29 is 9.90 Å². The van der Waals surface area contributed by atoms with Gasteiger partial charge >= 0.3 is 0 Å². The SMILES string of the molecule is Cc1ccc(CN(C)C(=O)c2nc(-c3ccccn3)[nH]c(=O)c2O)cc1C. The van der Waals surface area contributed by atoms with Crippen LogP contribution in [0.3, 0.4) is 0 Å². The van der Waals surface area contributed by atoms with Crippen LogP contribution in [0.15, 0.2) is 47.4 Å². The van der Waals surface area contributed by atoms with Crippen LogP contribution in [-0.2, 0) is 6.54 Å². The van der Waals surface area contributed by atoms with Crippen LogP contribution in [0.25, 0.3) is 11.5 Å². The zero-order valence-electron chi connectivity index (χ0n) is 15.4. The predicted molar refractivity (Wildman–Crippen MR) is 101 cm³/mol. The number of hydrogen-bond donors (Lipinski definition) is 2. The summed E-state index contributed by atoms with van der Waals surface area (Å²) in [5, 5.41) is 10.1. The van der Waals surface area contributed by atoms with Crippen molar-refractivity contribution in [2.75, 3.05) is 7.05 Å². The summed E-state index contributed by atoms with van der Waals surface area (Å²) < 4.78 is 0. The molecule has 0 saturated carbocycles. The van der Waals surface area contributed by atoms with Gasteiger partial charge in [-0.25, -0.2) is 4.98 Å². The molecule has 7 nitrogen and oxygen atoms in total. The molecule has 3 aromatic rings. The van der Waals surface area contributed by atoms with E-state index in [0.717, 1.165) is 11.1 Å². The molecule has 0 unspecified atom stereocenters. The van der Waals surface area contributed by atoms with Gasteiger partial charge in [0.25, 0.3) is 11.5 Å². The van der Waals surface area contributed by atoms with Gasteiger partial charge in [0.05, 0.1) is 0 Å². The van der Waals surface area contributed by atoms with E-state index >= 15 is 0 Å². The van der Waals surface area contributed by atoms with Crippen LogP contribution < -0.4 is 5.56 Å². The summed E-state index contributed by atoms with van der Waals surface area (Å²) in [4.78, 5) is 36.9. The lowest BCUT2D eigenvalue weighted by Gasteiger charge is -2.18. The minimum absolute atomic E-state index is 0.126. The molecule has 1 amide bonds. The van der Waals surface area contributed by atoms with Crippen molar-refractivity contribution in [2.24, 2.45) is 0 Å². The third-order valence-corrected chi connectivity index (χ3v) is 4.34. The molecule has 2 aromatic heterocycles. The summed E-state index contributed by atoms with van der Waals surface area (Å²) in [6.07, 6.45) is 1.55. The van der Waals surface area contributed by atoms with Crippen LogP contribution in [0.1, 0.15) is 27.2 Å². The maximum Gasteiger partial charge on any atom is 0.294 e. The maximum atomic E-state index is 12.8. The van der Waals surface area contributed by atoms with Crippen LogP contribution in [0.2, 0.25) is 0 Å². The number of nitrogens with zero attached hydrogens (tertiary/aromatic N) is 3. The number of H-pyrrole nitrogens is 1. The predicted octanol–water partition coefficient (Wildman–Crippen LogP) is 2.43. The molecule has 0 bridgehead atoms. The van der Waals surface area contributed by atoms with E-state index in [-0.39, 0.29) is 11.5 Å². The Morgan fingerprint density at radius 2 is 1.96 bits per heavy atom. The molecule has 2 heterocycles. The smallest absolute Gasteiger partial charge is 0.294 e. The van der Waals surface area contributed by atoms with Gasteiger partial charge < -0.3 is 15.0 Å². The van der Waals surface area contributed by atoms with E-state index in [1.807, 2.05) is 32.0 Å². The Morgan fingerprint density at radius 1 is 1.19 bits per heavy atom. The van der Waals surface area contributed by atoms with Crippen molar-refractivity contribution in [1.29, 1.82) is 0 Å². The molecule has 27 heavy (non-hydrogen) atoms. The molecule has 0 spiro atoms. The number of aromatic hydroxyl groups is 1. The van der Waals surface area contributed by atoms with Crippen molar-refractivity contribution >= 4 is 5.91 Å². The number of pyridine rings is 1. The number of nitrogens with one attached hydrogen (secondary N) is 1. The highest BCUT2D eigenvalue weighted by molar-refractivity contribution is 5.94. The standard InChI is InChI=1S/C20H20N4O3/c1-12-7-8-14(10-13(12)2)11-24(3)20(27)16-17(25)19(26)23-18(22-16)15-6-4-5-9-21-15/h4-10,25H,11H2,1-3H3,(H,22,23,26). The Hall–Kier alpha value is -3.48. The Morgan fingerprint density at radius 3 is 2.63 bits per heavy atom. The fourth-order valence-corrected chi connectivity index (χ4v) is 2.67. The van der Waals surface area contributed by atoms with Gasteiger partial charge in [-0.2, -0.15) is 0 Å². The second-order valence-corrected chi connectivity index (χ2v) is 6.41. The van der Waals surface area contributed by atoms with Crippen LogP contribution in [0, 0.1) is 13.8 Å². The maximum absolute atomic E-state index is 12.8. The van der Waals surface area contributed by atoms with Crippen molar-refractivity contribution in [1.82, 2.24) is 19.9 Å². The van der Waals surface area contributed by atoms with Gasteiger partial charge in [0.15, 0.2) is 11.5 Å². The number of aryl methyl sites for hydroxylation is 2. The fraction of sp³-hybridized carbons (Fsp3) is 0.200. The van der Waals surface area contributed by atoms with E-state index in [4.69, 9.17) is 0 Å². The van der Waals surface area contributed by atoms with Gasteiger partial charge in [0.2, 0.25) is 5.75 Å². The average Bonchev–Trinajstić information content (AvgIpc) is 2.67. The van der Waals surface area contributed by atoms with Gasteiger partial charge in [0, 0.05) is 19.8 Å². The molecule has 0 saturated heterocycles. The van der Waals surface area contributed by atoms with Crippen molar-refractivity contribution in [2.45, 2.75) is 20.4 Å². The van der Waals surface area contributed by atoms with E-state index < -0.39 is 17.2 Å². The van der Waals surface area contributed by atoms with E-state index in [2.05, 4.69) is 15.0 Å². The van der Waals surface area contributed by atoms with E-state index in [1.165, 1.54) is 10.5 Å². The monoisotopic (exact) mass is 364 g/mol. The third-order valence-electron chi connectivity index (χ3n) is 4.34. The number of carbonyl (C=O) groups is 1. The Bertz CT molecular complexity index is 1040. The number of hydrogen-bond acceptors (Lipinski definition) is 5. The van der Waals surface area contributed by atoms with Crippen LogP contribution in [0.5, 0.6) is 5.75 Å². The molecule has 1 aromatic carbocycles. The molecule has 0 aliphatic heterocycles. The molecule has 0 aliphatic carbocycles. The summed E-state index contributed by atoms with van der Waals surface area (Å²) in [5.41, 5.74) is 2.56. The highest BCUT2D eigenvalue weighted by Crippen LogP contribution is 2.18. The molecule has 0 atom stereocenters. The highest BCUT2D eigenvalue weighted by Gasteiger charge is 2.22. The zero-order valence-corrected chi connectivity index (χ0v) is 15.4. The lowest BCUT2D eigenvalue weighted by molar-refractivity contribution is 0.0775. The summed E-state index contributed by atoms with van der Waals surface area (Å²) in [5.74, 6) is -1.12. The molecule has 138 valence electrons. The number of aromatic amines is 1. The Balaban J connectivity index is 1.92. The summed E-state index contributed by atoms with van der Waals surface area (Å²) in [6, 6.07) is 11.1. The van der Waals surface area contributed by atoms with Crippen molar-refractivity contribution in [3.05, 3.63) is 75.3 Å². The molecular weight excluding hydrogens is 344 g/mol. The van der Waals surface area contributed by atoms with Gasteiger partial charge in [-0.15, -0.1) is 0 Å². The lowest BCUT2D eigenvalue weighted by Crippen LogP contribution is -2.29. The molecule has 0 radical (unpaired) electrons. The molecule has 0 fully saturated rings. The van der Waals surface area contributed by atoms with Crippen LogP contribution >= 0.6 is 0 Å². The number of aromatic nitrogens is 3. The Kier molecular flexibility index (Phi) is 5.03. The number of rotatable bonds is 4. The van der Waals surface area contributed by atoms with Crippen LogP contribution in [-0.4, -0.2) is 37.9 Å².